The van der Waals surface area contributed by atoms with Crippen molar-refractivity contribution in [3.05, 3.63) is 51.2 Å². The van der Waals surface area contributed by atoms with E-state index in [0.717, 1.165) is 5.01 Å². The fourth-order valence-corrected chi connectivity index (χ4v) is 2.27. The van der Waals surface area contributed by atoms with Crippen molar-refractivity contribution >= 4 is 28.8 Å². The van der Waals surface area contributed by atoms with Gasteiger partial charge in [-0.25, -0.2) is 9.37 Å². The van der Waals surface area contributed by atoms with E-state index in [4.69, 9.17) is 11.6 Å². The summed E-state index contributed by atoms with van der Waals surface area (Å²) in [5.41, 5.74) is -0.0640. The molecule has 0 saturated heterocycles. The van der Waals surface area contributed by atoms with Crippen molar-refractivity contribution in [3.8, 4) is 0 Å². The van der Waals surface area contributed by atoms with Crippen LogP contribution in [0.1, 0.15) is 28.3 Å². The molecule has 1 amide bonds. The molecule has 1 aromatic heterocycles. The Morgan fingerprint density at radius 1 is 1.56 bits per heavy atom. The molecule has 6 heteroatoms. The molecule has 94 valence electrons. The zero-order chi connectivity index (χ0) is 13.1. The van der Waals surface area contributed by atoms with Crippen molar-refractivity contribution in [3.63, 3.8) is 0 Å². The van der Waals surface area contributed by atoms with Crippen LogP contribution in [0.3, 0.4) is 0 Å². The summed E-state index contributed by atoms with van der Waals surface area (Å²) in [5, 5.41) is 5.59. The molecule has 0 aliphatic rings. The first-order valence-electron chi connectivity index (χ1n) is 5.23. The second-order valence-corrected chi connectivity index (χ2v) is 5.05. The molecule has 1 atom stereocenters. The number of nitrogens with zero attached hydrogens (tertiary/aromatic N) is 1. The molecule has 0 fully saturated rings. The number of aromatic nitrogens is 1. The minimum absolute atomic E-state index is 0.0640. The molecule has 0 aliphatic carbocycles. The fraction of sp³-hybridized carbons (Fsp3) is 0.167. The Bertz CT molecular complexity index is 559. The van der Waals surface area contributed by atoms with Crippen molar-refractivity contribution < 1.29 is 9.18 Å². The van der Waals surface area contributed by atoms with E-state index in [0.29, 0.717) is 5.02 Å². The van der Waals surface area contributed by atoms with Gasteiger partial charge in [0, 0.05) is 16.6 Å². The molecule has 1 N–H and O–H groups in total. The van der Waals surface area contributed by atoms with Crippen LogP contribution in [0.5, 0.6) is 0 Å². The van der Waals surface area contributed by atoms with Crippen LogP contribution in [0.15, 0.2) is 29.8 Å². The van der Waals surface area contributed by atoms with E-state index >= 15 is 0 Å². The topological polar surface area (TPSA) is 42.0 Å². The van der Waals surface area contributed by atoms with Crippen LogP contribution in [0.4, 0.5) is 4.39 Å². The Labute approximate surface area is 113 Å². The zero-order valence-electron chi connectivity index (χ0n) is 9.48. The van der Waals surface area contributed by atoms with Gasteiger partial charge in [0.1, 0.15) is 10.8 Å². The minimum atomic E-state index is -0.594. The van der Waals surface area contributed by atoms with Crippen LogP contribution in [-0.4, -0.2) is 10.9 Å². The second-order valence-electron chi connectivity index (χ2n) is 3.69. The maximum Gasteiger partial charge on any atom is 0.254 e. The van der Waals surface area contributed by atoms with Gasteiger partial charge in [0.05, 0.1) is 11.6 Å². The smallest absolute Gasteiger partial charge is 0.254 e. The highest BCUT2D eigenvalue weighted by Crippen LogP contribution is 2.18. The summed E-state index contributed by atoms with van der Waals surface area (Å²) < 4.78 is 13.5. The van der Waals surface area contributed by atoms with Crippen LogP contribution in [0.25, 0.3) is 0 Å². The molecular formula is C12H10ClFN2OS. The number of amides is 1. The lowest BCUT2D eigenvalue weighted by Gasteiger charge is -2.11. The van der Waals surface area contributed by atoms with E-state index in [-0.39, 0.29) is 11.6 Å². The third-order valence-corrected chi connectivity index (χ3v) is 3.54. The van der Waals surface area contributed by atoms with Crippen LogP contribution in [0, 0.1) is 5.82 Å². The summed E-state index contributed by atoms with van der Waals surface area (Å²) in [7, 11) is 0. The first kappa shape index (κ1) is 13.0. The number of thiazole rings is 1. The maximum absolute atomic E-state index is 13.5. The van der Waals surface area contributed by atoms with E-state index in [1.165, 1.54) is 29.5 Å². The summed E-state index contributed by atoms with van der Waals surface area (Å²) in [4.78, 5) is 16.0. The molecule has 18 heavy (non-hydrogen) atoms. The Morgan fingerprint density at radius 3 is 3.00 bits per heavy atom. The molecule has 2 aromatic rings. The van der Waals surface area contributed by atoms with Gasteiger partial charge < -0.3 is 5.32 Å². The minimum Gasteiger partial charge on any atom is -0.343 e. The summed E-state index contributed by atoms with van der Waals surface area (Å²) >= 11 is 7.17. The largest absolute Gasteiger partial charge is 0.343 e. The molecule has 0 bridgehead atoms. The molecule has 1 unspecified atom stereocenters. The number of benzene rings is 1. The average molecular weight is 285 g/mol. The van der Waals surface area contributed by atoms with Gasteiger partial charge in [-0.1, -0.05) is 11.6 Å². The predicted octanol–water partition coefficient (Wildman–Crippen LogP) is 3.43. The summed E-state index contributed by atoms with van der Waals surface area (Å²) in [5.74, 6) is -1.10. The number of carbonyl (C=O) groups is 1. The standard InChI is InChI=1S/C12H10ClFN2OS/c1-7(12-15-4-5-18-12)16-11(17)9-6-8(13)2-3-10(9)14/h2-7H,1H3,(H,16,17). The van der Waals surface area contributed by atoms with E-state index < -0.39 is 11.7 Å². The lowest BCUT2D eigenvalue weighted by atomic mass is 10.2. The lowest BCUT2D eigenvalue weighted by Crippen LogP contribution is -2.27. The van der Waals surface area contributed by atoms with Crippen LogP contribution >= 0.6 is 22.9 Å². The average Bonchev–Trinajstić information content (AvgIpc) is 2.85. The molecule has 2 rings (SSSR count). The van der Waals surface area contributed by atoms with E-state index in [2.05, 4.69) is 10.3 Å². The van der Waals surface area contributed by atoms with Gasteiger partial charge in [-0.15, -0.1) is 11.3 Å². The SMILES string of the molecule is CC(NC(=O)c1cc(Cl)ccc1F)c1nccs1. The van der Waals surface area contributed by atoms with Gasteiger partial charge in [-0.05, 0) is 25.1 Å². The van der Waals surface area contributed by atoms with E-state index in [1.807, 2.05) is 5.38 Å². The van der Waals surface area contributed by atoms with Crippen molar-refractivity contribution in [2.24, 2.45) is 0 Å². The molecule has 0 saturated carbocycles. The highest BCUT2D eigenvalue weighted by atomic mass is 35.5. The Balaban J connectivity index is 2.15. The number of halogens is 2. The van der Waals surface area contributed by atoms with Crippen LogP contribution < -0.4 is 5.32 Å². The quantitative estimate of drug-likeness (QED) is 0.938. The first-order valence-corrected chi connectivity index (χ1v) is 6.49. The summed E-state index contributed by atoms with van der Waals surface area (Å²) in [6.07, 6.45) is 1.66. The Morgan fingerprint density at radius 2 is 2.33 bits per heavy atom. The highest BCUT2D eigenvalue weighted by molar-refractivity contribution is 7.09. The second kappa shape index (κ2) is 5.46. The van der Waals surface area contributed by atoms with Gasteiger partial charge in [-0.2, -0.15) is 0 Å². The summed E-state index contributed by atoms with van der Waals surface area (Å²) in [6, 6.07) is 3.61. The zero-order valence-corrected chi connectivity index (χ0v) is 11.1. The van der Waals surface area contributed by atoms with E-state index in [9.17, 15) is 9.18 Å². The third-order valence-electron chi connectivity index (χ3n) is 2.34. The Hall–Kier alpha value is -1.46. The van der Waals surface area contributed by atoms with Crippen molar-refractivity contribution in [2.45, 2.75) is 13.0 Å². The summed E-state index contributed by atoms with van der Waals surface area (Å²) in [6.45, 7) is 1.79. The van der Waals surface area contributed by atoms with Crippen LogP contribution in [-0.2, 0) is 0 Å². The van der Waals surface area contributed by atoms with Gasteiger partial charge >= 0.3 is 0 Å². The fourth-order valence-electron chi connectivity index (χ4n) is 1.46. The number of carbonyl (C=O) groups excluding carboxylic acids is 1. The first-order chi connectivity index (χ1) is 8.58. The van der Waals surface area contributed by atoms with E-state index in [1.54, 1.807) is 13.1 Å². The molecule has 3 nitrogen and oxygen atoms in total. The van der Waals surface area contributed by atoms with Gasteiger partial charge in [-0.3, -0.25) is 4.79 Å². The molecule has 0 radical (unpaired) electrons. The van der Waals surface area contributed by atoms with Crippen LogP contribution in [0.2, 0.25) is 5.02 Å². The molecule has 0 aliphatic heterocycles. The number of rotatable bonds is 3. The lowest BCUT2D eigenvalue weighted by molar-refractivity contribution is 0.0936. The predicted molar refractivity (Wildman–Crippen MR) is 69.4 cm³/mol. The monoisotopic (exact) mass is 284 g/mol. The van der Waals surface area contributed by atoms with Gasteiger partial charge in [0.15, 0.2) is 0 Å². The van der Waals surface area contributed by atoms with Gasteiger partial charge in [0.25, 0.3) is 5.91 Å². The highest BCUT2D eigenvalue weighted by Gasteiger charge is 2.16. The van der Waals surface area contributed by atoms with Crippen molar-refractivity contribution in [2.75, 3.05) is 0 Å². The molecular weight excluding hydrogens is 275 g/mol. The van der Waals surface area contributed by atoms with Crippen molar-refractivity contribution in [1.82, 2.24) is 10.3 Å². The molecule has 1 aromatic carbocycles. The normalized spacial score (nSPS) is 12.2. The van der Waals surface area contributed by atoms with Gasteiger partial charge in [0.2, 0.25) is 0 Å². The van der Waals surface area contributed by atoms with Crippen molar-refractivity contribution in [1.29, 1.82) is 0 Å². The Kier molecular flexibility index (Phi) is 3.93. The maximum atomic E-state index is 13.5. The number of hydrogen-bond donors (Lipinski definition) is 1. The molecule has 1 heterocycles. The number of hydrogen-bond acceptors (Lipinski definition) is 3. The molecule has 0 spiro atoms. The number of nitrogens with one attached hydrogen (secondary N) is 1. The third kappa shape index (κ3) is 2.86.